The molecule has 3 nitrogen and oxygen atoms in total. The maximum Gasteiger partial charge on any atom is 0.0693 e. The second-order valence-corrected chi connectivity index (χ2v) is 7.53. The van der Waals surface area contributed by atoms with Gasteiger partial charge in [0.05, 0.1) is 6.10 Å². The lowest BCUT2D eigenvalue weighted by atomic mass is 9.70. The molecule has 2 atom stereocenters. The maximum atomic E-state index is 10.1. The van der Waals surface area contributed by atoms with Crippen LogP contribution in [0.5, 0.6) is 0 Å². The normalized spacial score (nSPS) is 39.9. The van der Waals surface area contributed by atoms with E-state index in [1.165, 1.54) is 38.8 Å². The number of nitrogens with zero attached hydrogens (tertiary/aromatic N) is 1. The van der Waals surface area contributed by atoms with Crippen LogP contribution in [0.25, 0.3) is 0 Å². The van der Waals surface area contributed by atoms with Crippen molar-refractivity contribution in [3.63, 3.8) is 0 Å². The second kappa shape index (κ2) is 7.24. The van der Waals surface area contributed by atoms with Crippen LogP contribution in [0.4, 0.5) is 0 Å². The van der Waals surface area contributed by atoms with E-state index in [0.717, 1.165) is 32.0 Å². The Kier molecular flexibility index (Phi) is 5.88. The molecule has 2 fully saturated rings. The molecule has 0 aromatic heterocycles. The summed E-state index contributed by atoms with van der Waals surface area (Å²) >= 11 is 0. The highest BCUT2D eigenvalue weighted by atomic mass is 16.3. The van der Waals surface area contributed by atoms with E-state index in [4.69, 9.17) is 0 Å². The molecule has 2 N–H and O–H groups in total. The molecule has 2 aliphatic rings. The van der Waals surface area contributed by atoms with E-state index in [1.807, 2.05) is 0 Å². The van der Waals surface area contributed by atoms with Crippen molar-refractivity contribution in [2.75, 3.05) is 32.7 Å². The number of hydrogen-bond acceptors (Lipinski definition) is 3. The highest BCUT2D eigenvalue weighted by Crippen LogP contribution is 2.39. The number of rotatable bonds is 5. The van der Waals surface area contributed by atoms with Crippen LogP contribution >= 0.6 is 0 Å². The fourth-order valence-corrected chi connectivity index (χ4v) is 3.89. The molecule has 0 bridgehead atoms. The Morgan fingerprint density at radius 1 is 1.20 bits per heavy atom. The largest absolute Gasteiger partial charge is 0.392 e. The zero-order valence-corrected chi connectivity index (χ0v) is 13.7. The average molecular weight is 282 g/mol. The van der Waals surface area contributed by atoms with Gasteiger partial charge in [-0.15, -0.1) is 0 Å². The number of nitrogens with one attached hydrogen (secondary N) is 1. The topological polar surface area (TPSA) is 35.5 Å². The molecule has 0 aromatic carbocycles. The molecule has 0 radical (unpaired) electrons. The van der Waals surface area contributed by atoms with Crippen molar-refractivity contribution in [2.24, 2.45) is 17.3 Å². The summed E-state index contributed by atoms with van der Waals surface area (Å²) in [4.78, 5) is 2.53. The summed E-state index contributed by atoms with van der Waals surface area (Å²) in [6.45, 7) is 12.2. The van der Waals surface area contributed by atoms with Crippen molar-refractivity contribution in [1.29, 1.82) is 0 Å². The van der Waals surface area contributed by atoms with Gasteiger partial charge in [-0.1, -0.05) is 33.6 Å². The Bertz CT molecular complexity index is 281. The molecule has 1 heterocycles. The van der Waals surface area contributed by atoms with Crippen LogP contribution in [0.3, 0.4) is 0 Å². The van der Waals surface area contributed by atoms with E-state index in [0.29, 0.717) is 11.3 Å². The van der Waals surface area contributed by atoms with Crippen LogP contribution in [0.1, 0.15) is 52.9 Å². The van der Waals surface area contributed by atoms with Gasteiger partial charge in [0, 0.05) is 19.6 Å². The third-order valence-corrected chi connectivity index (χ3v) is 5.65. The molecule has 20 heavy (non-hydrogen) atoms. The summed E-state index contributed by atoms with van der Waals surface area (Å²) in [5.41, 5.74) is 0.447. The third kappa shape index (κ3) is 4.19. The fourth-order valence-electron chi connectivity index (χ4n) is 3.89. The van der Waals surface area contributed by atoms with Gasteiger partial charge in [-0.3, -0.25) is 0 Å². The molecule has 0 aromatic rings. The first-order chi connectivity index (χ1) is 9.54. The first-order valence-electron chi connectivity index (χ1n) is 8.66. The van der Waals surface area contributed by atoms with Crippen molar-refractivity contribution in [2.45, 2.75) is 59.0 Å². The molecular formula is C17H34N2O. The van der Waals surface area contributed by atoms with Gasteiger partial charge in [-0.25, -0.2) is 0 Å². The minimum absolute atomic E-state index is 0.123. The lowest BCUT2D eigenvalue weighted by Crippen LogP contribution is -2.51. The van der Waals surface area contributed by atoms with E-state index >= 15 is 0 Å². The van der Waals surface area contributed by atoms with Crippen molar-refractivity contribution in [3.05, 3.63) is 0 Å². The van der Waals surface area contributed by atoms with Crippen molar-refractivity contribution in [1.82, 2.24) is 10.2 Å². The van der Waals surface area contributed by atoms with E-state index in [2.05, 4.69) is 31.0 Å². The van der Waals surface area contributed by atoms with Gasteiger partial charge in [0.1, 0.15) is 0 Å². The predicted molar refractivity (Wildman–Crippen MR) is 84.8 cm³/mol. The Morgan fingerprint density at radius 3 is 2.50 bits per heavy atom. The van der Waals surface area contributed by atoms with E-state index in [1.54, 1.807) is 0 Å². The summed E-state index contributed by atoms with van der Waals surface area (Å²) in [7, 11) is 0. The number of piperidine rings is 1. The summed E-state index contributed by atoms with van der Waals surface area (Å²) < 4.78 is 0. The standard InChI is InChI=1S/C17H34N2O/c1-4-18-12-17(8-5-14(2)6-9-17)13-19-10-7-15(3)16(20)11-19/h14-16,18,20H,4-13H2,1-3H3. The van der Waals surface area contributed by atoms with Crippen molar-refractivity contribution in [3.8, 4) is 0 Å². The molecule has 1 aliphatic carbocycles. The minimum atomic E-state index is -0.123. The number of aliphatic hydroxyl groups is 1. The van der Waals surface area contributed by atoms with Crippen LogP contribution in [-0.4, -0.2) is 48.8 Å². The Labute approximate surface area is 125 Å². The first kappa shape index (κ1) is 16.3. The molecule has 2 unspecified atom stereocenters. The van der Waals surface area contributed by atoms with Gasteiger partial charge in [-0.2, -0.15) is 0 Å². The molecule has 0 spiro atoms. The molecule has 1 saturated carbocycles. The minimum Gasteiger partial charge on any atom is -0.392 e. The van der Waals surface area contributed by atoms with E-state index in [-0.39, 0.29) is 6.10 Å². The molecule has 3 heteroatoms. The molecule has 0 amide bonds. The van der Waals surface area contributed by atoms with Gasteiger partial charge >= 0.3 is 0 Å². The fraction of sp³-hybridized carbons (Fsp3) is 1.00. The SMILES string of the molecule is CCNCC1(CN2CCC(C)C(O)C2)CCC(C)CC1. The third-order valence-electron chi connectivity index (χ3n) is 5.65. The van der Waals surface area contributed by atoms with E-state index < -0.39 is 0 Å². The Hall–Kier alpha value is -0.120. The summed E-state index contributed by atoms with van der Waals surface area (Å²) in [5.74, 6) is 1.37. The van der Waals surface area contributed by atoms with Gasteiger partial charge in [-0.05, 0) is 49.6 Å². The number of hydrogen-bond donors (Lipinski definition) is 2. The zero-order valence-electron chi connectivity index (χ0n) is 13.7. The molecule has 1 aliphatic heterocycles. The molecule has 2 rings (SSSR count). The predicted octanol–water partition coefficient (Wildman–Crippen LogP) is 2.50. The van der Waals surface area contributed by atoms with Crippen molar-refractivity contribution >= 4 is 0 Å². The molecular weight excluding hydrogens is 248 g/mol. The average Bonchev–Trinajstić information content (AvgIpc) is 2.44. The second-order valence-electron chi connectivity index (χ2n) is 7.53. The zero-order chi connectivity index (χ0) is 14.6. The quantitative estimate of drug-likeness (QED) is 0.813. The number of aliphatic hydroxyl groups excluding tert-OH is 1. The lowest BCUT2D eigenvalue weighted by molar-refractivity contribution is -0.000851. The van der Waals surface area contributed by atoms with Crippen LogP contribution in [-0.2, 0) is 0 Å². The van der Waals surface area contributed by atoms with Gasteiger partial charge in [0.25, 0.3) is 0 Å². The van der Waals surface area contributed by atoms with Crippen molar-refractivity contribution < 1.29 is 5.11 Å². The van der Waals surface area contributed by atoms with Crippen LogP contribution in [0.2, 0.25) is 0 Å². The molecule has 118 valence electrons. The maximum absolute atomic E-state index is 10.1. The van der Waals surface area contributed by atoms with Crippen LogP contribution in [0, 0.1) is 17.3 Å². The van der Waals surface area contributed by atoms with Crippen LogP contribution < -0.4 is 5.32 Å². The summed E-state index contributed by atoms with van der Waals surface area (Å²) in [6.07, 6.45) is 6.47. The Balaban J connectivity index is 1.93. The smallest absolute Gasteiger partial charge is 0.0693 e. The first-order valence-corrected chi connectivity index (χ1v) is 8.66. The number of β-amino-alcohol motifs (C(OH)–C–C–N with tert-alkyl or cyclic N) is 1. The van der Waals surface area contributed by atoms with Crippen LogP contribution in [0.15, 0.2) is 0 Å². The van der Waals surface area contributed by atoms with Gasteiger partial charge < -0.3 is 15.3 Å². The Morgan fingerprint density at radius 2 is 1.90 bits per heavy atom. The highest BCUT2D eigenvalue weighted by molar-refractivity contribution is 4.91. The molecule has 1 saturated heterocycles. The highest BCUT2D eigenvalue weighted by Gasteiger charge is 2.37. The van der Waals surface area contributed by atoms with Gasteiger partial charge in [0.15, 0.2) is 0 Å². The van der Waals surface area contributed by atoms with E-state index in [9.17, 15) is 5.11 Å². The summed E-state index contributed by atoms with van der Waals surface area (Å²) in [6, 6.07) is 0. The number of likely N-dealkylation sites (tertiary alicyclic amines) is 1. The lowest BCUT2D eigenvalue weighted by Gasteiger charge is -2.45. The monoisotopic (exact) mass is 282 g/mol. The summed E-state index contributed by atoms with van der Waals surface area (Å²) in [5, 5.41) is 13.7. The van der Waals surface area contributed by atoms with Gasteiger partial charge in [0.2, 0.25) is 0 Å².